The molecule has 7 nitrogen and oxygen atoms in total. The average molecular weight is 466 g/mol. The molecular weight excluding hydrogens is 449 g/mol. The number of nitrogens with one attached hydrogen (secondary N) is 2. The summed E-state index contributed by atoms with van der Waals surface area (Å²) in [5.41, 5.74) is 0.772. The molecule has 30 heavy (non-hydrogen) atoms. The quantitative estimate of drug-likeness (QED) is 0.527. The van der Waals surface area contributed by atoms with E-state index in [1.165, 1.54) is 18.2 Å². The molecule has 156 valence electrons. The summed E-state index contributed by atoms with van der Waals surface area (Å²) in [5, 5.41) is 2.58. The number of halogens is 2. The lowest BCUT2D eigenvalue weighted by molar-refractivity contribution is -0.120. The van der Waals surface area contributed by atoms with Crippen LogP contribution in [-0.2, 0) is 21.4 Å². The molecule has 0 unspecified atom stereocenters. The lowest BCUT2D eigenvalue weighted by Gasteiger charge is -2.11. The third-order valence-electron chi connectivity index (χ3n) is 3.86. The Balaban J connectivity index is 1.55. The molecule has 0 saturated carbocycles. The van der Waals surface area contributed by atoms with Gasteiger partial charge in [-0.3, -0.25) is 4.79 Å². The first-order valence-electron chi connectivity index (χ1n) is 8.73. The van der Waals surface area contributed by atoms with Gasteiger partial charge in [0.05, 0.1) is 16.6 Å². The molecule has 3 rings (SSSR count). The van der Waals surface area contributed by atoms with Crippen molar-refractivity contribution in [3.8, 4) is 11.6 Å². The standard InChI is InChI=1S/C20H17Cl2N3O4S/c21-16-7-4-8-17(22)20(16)30(27,28)25-13-18(26)24-12-14-5-3-6-15(11-14)29-19-9-1-2-10-23-19/h1-11,25H,12-13H2,(H,24,26). The number of nitrogens with zero attached hydrogens (tertiary/aromatic N) is 1. The van der Waals surface area contributed by atoms with Crippen LogP contribution in [0.15, 0.2) is 71.8 Å². The number of hydrogen-bond donors (Lipinski definition) is 2. The SMILES string of the molecule is O=C(CNS(=O)(=O)c1c(Cl)cccc1Cl)NCc1cccc(Oc2ccccn2)c1. The van der Waals surface area contributed by atoms with E-state index in [0.717, 1.165) is 5.56 Å². The number of benzene rings is 2. The van der Waals surface area contributed by atoms with E-state index >= 15 is 0 Å². The first kappa shape index (κ1) is 22.0. The van der Waals surface area contributed by atoms with Crippen molar-refractivity contribution in [3.05, 3.63) is 82.5 Å². The summed E-state index contributed by atoms with van der Waals surface area (Å²) in [5.74, 6) is 0.499. The van der Waals surface area contributed by atoms with Gasteiger partial charge < -0.3 is 10.1 Å². The molecule has 0 radical (unpaired) electrons. The van der Waals surface area contributed by atoms with Gasteiger partial charge in [-0.15, -0.1) is 0 Å². The molecule has 0 aliphatic rings. The minimum Gasteiger partial charge on any atom is -0.439 e. The van der Waals surface area contributed by atoms with E-state index in [0.29, 0.717) is 11.6 Å². The molecule has 1 amide bonds. The van der Waals surface area contributed by atoms with Crippen LogP contribution in [0, 0.1) is 0 Å². The van der Waals surface area contributed by atoms with Crippen LogP contribution < -0.4 is 14.8 Å². The number of aromatic nitrogens is 1. The fourth-order valence-corrected chi connectivity index (χ4v) is 4.60. The second-order valence-electron chi connectivity index (χ2n) is 6.07. The Hall–Kier alpha value is -2.65. The van der Waals surface area contributed by atoms with Gasteiger partial charge in [0.2, 0.25) is 21.8 Å². The topological polar surface area (TPSA) is 97.4 Å². The van der Waals surface area contributed by atoms with E-state index in [2.05, 4.69) is 15.0 Å². The van der Waals surface area contributed by atoms with Gasteiger partial charge in [0.25, 0.3) is 0 Å². The number of rotatable bonds is 8. The number of amides is 1. The molecule has 3 aromatic rings. The molecule has 0 aliphatic heterocycles. The van der Waals surface area contributed by atoms with Crippen molar-refractivity contribution in [2.75, 3.05) is 6.54 Å². The molecular formula is C20H17Cl2N3O4S. The summed E-state index contributed by atoms with van der Waals surface area (Å²) in [6.07, 6.45) is 1.62. The Morgan fingerprint density at radius 2 is 1.73 bits per heavy atom. The van der Waals surface area contributed by atoms with Gasteiger partial charge in [-0.1, -0.05) is 47.5 Å². The van der Waals surface area contributed by atoms with E-state index in [-0.39, 0.29) is 21.5 Å². The predicted molar refractivity (Wildman–Crippen MR) is 114 cm³/mol. The highest BCUT2D eigenvalue weighted by atomic mass is 35.5. The molecule has 0 atom stereocenters. The number of ether oxygens (including phenoxy) is 1. The normalized spacial score (nSPS) is 11.1. The Kier molecular flexibility index (Phi) is 7.28. The highest BCUT2D eigenvalue weighted by Crippen LogP contribution is 2.28. The number of sulfonamides is 1. The number of pyridine rings is 1. The lowest BCUT2D eigenvalue weighted by Crippen LogP contribution is -2.36. The Morgan fingerprint density at radius 3 is 2.43 bits per heavy atom. The average Bonchev–Trinajstić information content (AvgIpc) is 2.71. The second kappa shape index (κ2) is 9.90. The van der Waals surface area contributed by atoms with Crippen molar-refractivity contribution in [3.63, 3.8) is 0 Å². The van der Waals surface area contributed by atoms with E-state index in [1.807, 2.05) is 6.07 Å². The minimum atomic E-state index is -4.04. The van der Waals surface area contributed by atoms with Gasteiger partial charge in [0.1, 0.15) is 10.6 Å². The maximum Gasteiger partial charge on any atom is 0.244 e. The molecule has 1 heterocycles. The smallest absolute Gasteiger partial charge is 0.244 e. The van der Waals surface area contributed by atoms with E-state index in [4.69, 9.17) is 27.9 Å². The monoisotopic (exact) mass is 465 g/mol. The van der Waals surface area contributed by atoms with Crippen molar-refractivity contribution >= 4 is 39.1 Å². The summed E-state index contributed by atoms with van der Waals surface area (Å²) >= 11 is 11.8. The van der Waals surface area contributed by atoms with Gasteiger partial charge >= 0.3 is 0 Å². The van der Waals surface area contributed by atoms with Crippen molar-refractivity contribution in [2.45, 2.75) is 11.4 Å². The van der Waals surface area contributed by atoms with Gasteiger partial charge in [0, 0.05) is 18.8 Å². The zero-order chi connectivity index (χ0) is 21.6. The lowest BCUT2D eigenvalue weighted by atomic mass is 10.2. The molecule has 0 bridgehead atoms. The maximum atomic E-state index is 12.4. The van der Waals surface area contributed by atoms with Gasteiger partial charge in [-0.2, -0.15) is 0 Å². The second-order valence-corrected chi connectivity index (χ2v) is 8.59. The Labute approximate surface area is 184 Å². The first-order chi connectivity index (χ1) is 14.3. The van der Waals surface area contributed by atoms with Crippen LogP contribution in [0.25, 0.3) is 0 Å². The zero-order valence-corrected chi connectivity index (χ0v) is 17.8. The maximum absolute atomic E-state index is 12.4. The summed E-state index contributed by atoms with van der Waals surface area (Å²) < 4.78 is 32.6. The fourth-order valence-electron chi connectivity index (χ4n) is 2.48. The predicted octanol–water partition coefficient (Wildman–Crippen LogP) is 3.78. The molecule has 2 aromatic carbocycles. The van der Waals surface area contributed by atoms with Crippen molar-refractivity contribution in [1.82, 2.24) is 15.0 Å². The first-order valence-corrected chi connectivity index (χ1v) is 11.0. The van der Waals surface area contributed by atoms with Gasteiger partial charge in [-0.05, 0) is 35.9 Å². The summed E-state index contributed by atoms with van der Waals surface area (Å²) in [6, 6.07) is 16.8. The molecule has 0 spiro atoms. The van der Waals surface area contributed by atoms with Crippen LogP contribution in [0.2, 0.25) is 10.0 Å². The molecule has 0 fully saturated rings. The van der Waals surface area contributed by atoms with Crippen molar-refractivity contribution in [1.29, 1.82) is 0 Å². The van der Waals surface area contributed by atoms with E-state index in [1.54, 1.807) is 42.6 Å². The third-order valence-corrected chi connectivity index (χ3v) is 6.21. The van der Waals surface area contributed by atoms with Gasteiger partial charge in [0.15, 0.2) is 0 Å². The number of carbonyl (C=O) groups is 1. The van der Waals surface area contributed by atoms with Gasteiger partial charge in [-0.25, -0.2) is 18.1 Å². The van der Waals surface area contributed by atoms with Crippen LogP contribution in [0.4, 0.5) is 0 Å². The van der Waals surface area contributed by atoms with Crippen LogP contribution >= 0.6 is 23.2 Å². The summed E-state index contributed by atoms with van der Waals surface area (Å²) in [7, 11) is -4.04. The molecule has 0 saturated heterocycles. The van der Waals surface area contributed by atoms with E-state index in [9.17, 15) is 13.2 Å². The summed E-state index contributed by atoms with van der Waals surface area (Å²) in [4.78, 5) is 15.9. The Morgan fingerprint density at radius 1 is 1.00 bits per heavy atom. The van der Waals surface area contributed by atoms with Crippen LogP contribution in [0.5, 0.6) is 11.6 Å². The molecule has 1 aromatic heterocycles. The minimum absolute atomic E-state index is 0.0277. The molecule has 0 aliphatic carbocycles. The molecule has 2 N–H and O–H groups in total. The van der Waals surface area contributed by atoms with E-state index < -0.39 is 22.5 Å². The van der Waals surface area contributed by atoms with Crippen LogP contribution in [0.1, 0.15) is 5.56 Å². The van der Waals surface area contributed by atoms with Crippen LogP contribution in [-0.4, -0.2) is 25.9 Å². The fraction of sp³-hybridized carbons (Fsp3) is 0.100. The zero-order valence-electron chi connectivity index (χ0n) is 15.5. The third kappa shape index (κ3) is 5.93. The summed E-state index contributed by atoms with van der Waals surface area (Å²) in [6.45, 7) is -0.277. The largest absolute Gasteiger partial charge is 0.439 e. The highest BCUT2D eigenvalue weighted by molar-refractivity contribution is 7.89. The van der Waals surface area contributed by atoms with Crippen LogP contribution in [0.3, 0.4) is 0 Å². The molecule has 10 heteroatoms. The Bertz CT molecular complexity index is 1120. The number of carbonyl (C=O) groups excluding carboxylic acids is 1. The van der Waals surface area contributed by atoms with Crippen molar-refractivity contribution in [2.24, 2.45) is 0 Å². The highest BCUT2D eigenvalue weighted by Gasteiger charge is 2.22. The number of hydrogen-bond acceptors (Lipinski definition) is 5. The van der Waals surface area contributed by atoms with Crippen molar-refractivity contribution < 1.29 is 17.9 Å².